The van der Waals surface area contributed by atoms with Crippen LogP contribution in [-0.4, -0.2) is 25.9 Å². The molecule has 0 aliphatic carbocycles. The first-order valence-corrected chi connectivity index (χ1v) is 4.05. The second-order valence-electron chi connectivity index (χ2n) is 3.36. The highest BCUT2D eigenvalue weighted by Crippen LogP contribution is 2.20. The summed E-state index contributed by atoms with van der Waals surface area (Å²) in [4.78, 5) is 0. The van der Waals surface area contributed by atoms with Gasteiger partial charge in [0.15, 0.2) is 0 Å². The molecule has 3 atom stereocenters. The van der Waals surface area contributed by atoms with E-state index in [9.17, 15) is 0 Å². The summed E-state index contributed by atoms with van der Waals surface area (Å²) < 4.78 is 0. The maximum atomic E-state index is 3.46. The second-order valence-corrected chi connectivity index (χ2v) is 3.36. The molecule has 10 heavy (non-hydrogen) atoms. The molecule has 2 heterocycles. The Morgan fingerprint density at radius 1 is 1.20 bits per heavy atom. The van der Waals surface area contributed by atoms with Gasteiger partial charge in [-0.25, -0.2) is 0 Å². The average Bonchev–Trinajstić information content (AvgIpc) is 2.34. The Morgan fingerprint density at radius 2 is 2.10 bits per heavy atom. The molecule has 3 N–H and O–H groups in total. The fourth-order valence-electron chi connectivity index (χ4n) is 1.91. The van der Waals surface area contributed by atoms with E-state index in [0.717, 1.165) is 18.5 Å². The van der Waals surface area contributed by atoms with Gasteiger partial charge in [-0.2, -0.15) is 0 Å². The smallest absolute Gasteiger partial charge is 0.0626 e. The Bertz CT molecular complexity index is 124. The fourth-order valence-corrected chi connectivity index (χ4v) is 1.91. The summed E-state index contributed by atoms with van der Waals surface area (Å²) in [6.45, 7) is 5.61. The number of nitrogens with one attached hydrogen (secondary N) is 3. The molecule has 2 aliphatic rings. The zero-order valence-corrected chi connectivity index (χ0v) is 6.35. The third-order valence-electron chi connectivity index (χ3n) is 2.65. The number of hydrogen-bond acceptors (Lipinski definition) is 3. The van der Waals surface area contributed by atoms with E-state index in [0.29, 0.717) is 6.17 Å². The van der Waals surface area contributed by atoms with Crippen LogP contribution in [0.3, 0.4) is 0 Å². The first-order valence-electron chi connectivity index (χ1n) is 4.05. The van der Waals surface area contributed by atoms with Crippen LogP contribution in [0.15, 0.2) is 0 Å². The topological polar surface area (TPSA) is 36.1 Å². The van der Waals surface area contributed by atoms with Gasteiger partial charge < -0.3 is 10.6 Å². The van der Waals surface area contributed by atoms with Crippen LogP contribution >= 0.6 is 0 Å². The lowest BCUT2D eigenvalue weighted by molar-refractivity contribution is 0.266. The van der Waals surface area contributed by atoms with Gasteiger partial charge >= 0.3 is 0 Å². The molecule has 0 radical (unpaired) electrons. The Morgan fingerprint density at radius 3 is 2.90 bits per heavy atom. The van der Waals surface area contributed by atoms with Gasteiger partial charge in [0.05, 0.1) is 6.17 Å². The highest BCUT2D eigenvalue weighted by Gasteiger charge is 2.34. The van der Waals surface area contributed by atoms with Gasteiger partial charge in [-0.15, -0.1) is 0 Å². The van der Waals surface area contributed by atoms with E-state index in [1.54, 1.807) is 0 Å². The van der Waals surface area contributed by atoms with E-state index in [-0.39, 0.29) is 0 Å². The van der Waals surface area contributed by atoms with Crippen LogP contribution in [0.5, 0.6) is 0 Å². The molecule has 0 aromatic carbocycles. The molecule has 3 heteroatoms. The van der Waals surface area contributed by atoms with E-state index in [2.05, 4.69) is 22.9 Å². The predicted octanol–water partition coefficient (Wildman–Crippen LogP) is -0.682. The highest BCUT2D eigenvalue weighted by molar-refractivity contribution is 4.90. The molecule has 0 saturated carbocycles. The summed E-state index contributed by atoms with van der Waals surface area (Å²) in [6.07, 6.45) is 0.580. The molecule has 2 saturated heterocycles. The number of hydrogen-bond donors (Lipinski definition) is 3. The lowest BCUT2D eigenvalue weighted by atomic mass is 9.95. The van der Waals surface area contributed by atoms with E-state index in [1.807, 2.05) is 0 Å². The Kier molecular flexibility index (Phi) is 1.64. The fraction of sp³-hybridized carbons (Fsp3) is 1.00. The van der Waals surface area contributed by atoms with E-state index in [1.165, 1.54) is 13.1 Å². The van der Waals surface area contributed by atoms with Crippen molar-refractivity contribution in [1.82, 2.24) is 16.0 Å². The zero-order valence-electron chi connectivity index (χ0n) is 6.35. The normalized spacial score (nSPS) is 47.1. The molecule has 2 rings (SSSR count). The molecule has 0 spiro atoms. The molecule has 2 fully saturated rings. The van der Waals surface area contributed by atoms with Gasteiger partial charge in [0.2, 0.25) is 0 Å². The van der Waals surface area contributed by atoms with E-state index in [4.69, 9.17) is 0 Å². The Balaban J connectivity index is 2.01. The molecule has 0 bridgehead atoms. The Labute approximate surface area is 61.6 Å². The van der Waals surface area contributed by atoms with Crippen LogP contribution in [0, 0.1) is 11.8 Å². The standard InChI is InChI=1S/C7H15N3/c1-5-2-9-7-6(5)3-8-4-10-7/h5-10H,2-4H2,1H3. The quantitative estimate of drug-likeness (QED) is 0.418. The second kappa shape index (κ2) is 2.49. The van der Waals surface area contributed by atoms with Crippen molar-refractivity contribution in [3.05, 3.63) is 0 Å². The maximum absolute atomic E-state index is 3.46. The summed E-state index contributed by atoms with van der Waals surface area (Å²) in [5.74, 6) is 1.62. The van der Waals surface area contributed by atoms with Crippen molar-refractivity contribution < 1.29 is 0 Å². The first-order chi connectivity index (χ1) is 4.88. The predicted molar refractivity (Wildman–Crippen MR) is 40.5 cm³/mol. The summed E-state index contributed by atoms with van der Waals surface area (Å²) in [6, 6.07) is 0. The van der Waals surface area contributed by atoms with Crippen molar-refractivity contribution in [2.75, 3.05) is 19.8 Å². The SMILES string of the molecule is CC1CNC2NCNCC12. The zero-order chi connectivity index (χ0) is 6.97. The molecule has 0 amide bonds. The van der Waals surface area contributed by atoms with Gasteiger partial charge in [0, 0.05) is 19.1 Å². The minimum atomic E-state index is 0.580. The van der Waals surface area contributed by atoms with Crippen LogP contribution in [0.4, 0.5) is 0 Å². The van der Waals surface area contributed by atoms with E-state index >= 15 is 0 Å². The number of fused-ring (bicyclic) bond motifs is 1. The van der Waals surface area contributed by atoms with Crippen molar-refractivity contribution in [2.45, 2.75) is 13.1 Å². The summed E-state index contributed by atoms with van der Waals surface area (Å²) >= 11 is 0. The van der Waals surface area contributed by atoms with Crippen molar-refractivity contribution in [3.8, 4) is 0 Å². The molecule has 2 aliphatic heterocycles. The first kappa shape index (κ1) is 6.58. The van der Waals surface area contributed by atoms with Crippen molar-refractivity contribution in [3.63, 3.8) is 0 Å². The van der Waals surface area contributed by atoms with Crippen LogP contribution in [0.1, 0.15) is 6.92 Å². The van der Waals surface area contributed by atoms with Crippen LogP contribution in [0.25, 0.3) is 0 Å². The van der Waals surface area contributed by atoms with E-state index < -0.39 is 0 Å². The highest BCUT2D eigenvalue weighted by atomic mass is 15.2. The number of rotatable bonds is 0. The largest absolute Gasteiger partial charge is 0.304 e. The van der Waals surface area contributed by atoms with Crippen LogP contribution in [0.2, 0.25) is 0 Å². The average molecular weight is 141 g/mol. The van der Waals surface area contributed by atoms with Gasteiger partial charge in [-0.05, 0) is 12.5 Å². The molecular weight excluding hydrogens is 126 g/mol. The Hall–Kier alpha value is -0.120. The molecule has 0 aromatic rings. The summed E-state index contributed by atoms with van der Waals surface area (Å²) in [5, 5.41) is 10.2. The molecule has 3 nitrogen and oxygen atoms in total. The maximum Gasteiger partial charge on any atom is 0.0626 e. The van der Waals surface area contributed by atoms with Crippen molar-refractivity contribution in [2.24, 2.45) is 11.8 Å². The molecular formula is C7H15N3. The van der Waals surface area contributed by atoms with Crippen LogP contribution in [-0.2, 0) is 0 Å². The van der Waals surface area contributed by atoms with Crippen LogP contribution < -0.4 is 16.0 Å². The monoisotopic (exact) mass is 141 g/mol. The lowest BCUT2D eigenvalue weighted by Crippen LogP contribution is -2.54. The van der Waals surface area contributed by atoms with Gasteiger partial charge in [-0.1, -0.05) is 6.92 Å². The summed E-state index contributed by atoms with van der Waals surface area (Å²) in [5.41, 5.74) is 0. The minimum Gasteiger partial charge on any atom is -0.304 e. The molecule has 0 aromatic heterocycles. The third kappa shape index (κ3) is 0.944. The van der Waals surface area contributed by atoms with Crippen molar-refractivity contribution >= 4 is 0 Å². The third-order valence-corrected chi connectivity index (χ3v) is 2.65. The summed E-state index contributed by atoms with van der Waals surface area (Å²) in [7, 11) is 0. The molecule has 3 unspecified atom stereocenters. The van der Waals surface area contributed by atoms with Gasteiger partial charge in [-0.3, -0.25) is 5.32 Å². The van der Waals surface area contributed by atoms with Gasteiger partial charge in [0.25, 0.3) is 0 Å². The minimum absolute atomic E-state index is 0.580. The lowest BCUT2D eigenvalue weighted by Gasteiger charge is -2.28. The van der Waals surface area contributed by atoms with Crippen molar-refractivity contribution in [1.29, 1.82) is 0 Å². The molecule has 58 valence electrons. The van der Waals surface area contributed by atoms with Gasteiger partial charge in [0.1, 0.15) is 0 Å².